The zero-order chi connectivity index (χ0) is 26.6. The molecule has 0 bridgehead atoms. The van der Waals surface area contributed by atoms with Crippen molar-refractivity contribution in [3.8, 4) is 5.75 Å². The minimum absolute atomic E-state index is 0.0953. The van der Waals surface area contributed by atoms with Gasteiger partial charge >= 0.3 is 0 Å². The average Bonchev–Trinajstić information content (AvgIpc) is 2.90. The summed E-state index contributed by atoms with van der Waals surface area (Å²) in [5.41, 5.74) is 3.75. The second-order valence-corrected chi connectivity index (χ2v) is 11.4. The predicted molar refractivity (Wildman–Crippen MR) is 147 cm³/mol. The van der Waals surface area contributed by atoms with Crippen LogP contribution in [0.2, 0.25) is 5.02 Å². The van der Waals surface area contributed by atoms with Crippen LogP contribution in [0.25, 0.3) is 0 Å². The lowest BCUT2D eigenvalue weighted by atomic mass is 10.1. The summed E-state index contributed by atoms with van der Waals surface area (Å²) in [6, 6.07) is 19.0. The van der Waals surface area contributed by atoms with Crippen molar-refractivity contribution >= 4 is 33.2 Å². The van der Waals surface area contributed by atoms with Crippen LogP contribution in [-0.2, 0) is 21.2 Å². The maximum absolute atomic E-state index is 13.7. The van der Waals surface area contributed by atoms with Crippen molar-refractivity contribution in [3.63, 3.8) is 0 Å². The zero-order valence-electron chi connectivity index (χ0n) is 21.3. The molecule has 1 atom stereocenters. The minimum atomic E-state index is -3.95. The smallest absolute Gasteiger partial charge is 0.241 e. The highest BCUT2D eigenvalue weighted by Gasteiger charge is 2.32. The van der Waals surface area contributed by atoms with Crippen LogP contribution in [0, 0.1) is 13.8 Å². The summed E-state index contributed by atoms with van der Waals surface area (Å²) in [4.78, 5) is 17.7. The highest BCUT2D eigenvalue weighted by atomic mass is 35.5. The molecule has 37 heavy (non-hydrogen) atoms. The van der Waals surface area contributed by atoms with Gasteiger partial charge in [-0.1, -0.05) is 48.0 Å². The number of ether oxygens (including phenoxy) is 1. The number of benzene rings is 3. The van der Waals surface area contributed by atoms with Crippen molar-refractivity contribution in [1.82, 2.24) is 9.62 Å². The van der Waals surface area contributed by atoms with Gasteiger partial charge in [-0.05, 0) is 67.3 Å². The molecule has 3 aromatic carbocycles. The SMILES string of the molecule is COc1ccc(S(=O)(=O)NC(Cc2ccccc2)C(=O)N2CCN(c3cc(Cl)ccc3C)CC2)cc1C. The van der Waals surface area contributed by atoms with Crippen LogP contribution in [0.5, 0.6) is 5.75 Å². The molecular formula is C28H32ClN3O4S. The number of nitrogens with one attached hydrogen (secondary N) is 1. The van der Waals surface area contributed by atoms with E-state index >= 15 is 0 Å². The number of nitrogens with zero attached hydrogens (tertiary/aromatic N) is 2. The Morgan fingerprint density at radius 3 is 2.32 bits per heavy atom. The topological polar surface area (TPSA) is 78.9 Å². The van der Waals surface area contributed by atoms with E-state index in [2.05, 4.69) is 9.62 Å². The fourth-order valence-electron chi connectivity index (χ4n) is 4.61. The molecule has 0 radical (unpaired) electrons. The molecule has 196 valence electrons. The number of anilines is 1. The summed E-state index contributed by atoms with van der Waals surface area (Å²) in [6.07, 6.45) is 0.252. The Bertz CT molecular complexity index is 1360. The number of piperazine rings is 1. The Morgan fingerprint density at radius 2 is 1.68 bits per heavy atom. The number of carbonyl (C=O) groups is 1. The summed E-state index contributed by atoms with van der Waals surface area (Å²) in [5.74, 6) is 0.365. The molecule has 1 aliphatic rings. The molecule has 1 saturated heterocycles. The molecular weight excluding hydrogens is 510 g/mol. The number of hydrogen-bond acceptors (Lipinski definition) is 5. The van der Waals surface area contributed by atoms with Crippen LogP contribution in [0.3, 0.4) is 0 Å². The maximum Gasteiger partial charge on any atom is 0.241 e. The Labute approximate surface area is 224 Å². The largest absolute Gasteiger partial charge is 0.496 e. The molecule has 0 aliphatic carbocycles. The van der Waals surface area contributed by atoms with Gasteiger partial charge in [0.05, 0.1) is 12.0 Å². The van der Waals surface area contributed by atoms with E-state index in [1.165, 1.54) is 13.2 Å². The molecule has 1 aliphatic heterocycles. The summed E-state index contributed by atoms with van der Waals surface area (Å²) < 4.78 is 34.6. The van der Waals surface area contributed by atoms with E-state index < -0.39 is 16.1 Å². The van der Waals surface area contributed by atoms with Gasteiger partial charge in [-0.2, -0.15) is 4.72 Å². The van der Waals surface area contributed by atoms with E-state index in [9.17, 15) is 13.2 Å². The highest BCUT2D eigenvalue weighted by molar-refractivity contribution is 7.89. The summed E-state index contributed by atoms with van der Waals surface area (Å²) in [7, 11) is -2.41. The number of methoxy groups -OCH3 is 1. The third-order valence-electron chi connectivity index (χ3n) is 6.66. The van der Waals surface area contributed by atoms with Gasteiger partial charge in [0.1, 0.15) is 11.8 Å². The van der Waals surface area contributed by atoms with Crippen LogP contribution >= 0.6 is 11.6 Å². The van der Waals surface area contributed by atoms with E-state index in [0.29, 0.717) is 42.5 Å². The molecule has 0 saturated carbocycles. The Balaban J connectivity index is 1.53. The number of halogens is 1. The van der Waals surface area contributed by atoms with Crippen LogP contribution in [0.1, 0.15) is 16.7 Å². The third kappa shape index (κ3) is 6.44. The van der Waals surface area contributed by atoms with Crippen LogP contribution < -0.4 is 14.4 Å². The lowest BCUT2D eigenvalue weighted by Gasteiger charge is -2.38. The van der Waals surface area contributed by atoms with Gasteiger partial charge < -0.3 is 14.5 Å². The van der Waals surface area contributed by atoms with Crippen molar-refractivity contribution in [2.24, 2.45) is 0 Å². The van der Waals surface area contributed by atoms with Crippen molar-refractivity contribution in [1.29, 1.82) is 0 Å². The average molecular weight is 542 g/mol. The Morgan fingerprint density at radius 1 is 0.973 bits per heavy atom. The zero-order valence-corrected chi connectivity index (χ0v) is 22.8. The molecule has 1 N–H and O–H groups in total. The molecule has 3 aromatic rings. The monoisotopic (exact) mass is 541 g/mol. The first-order chi connectivity index (χ1) is 17.7. The van der Waals surface area contributed by atoms with Gasteiger partial charge in [-0.15, -0.1) is 0 Å². The Kier molecular flexibility index (Phi) is 8.42. The van der Waals surface area contributed by atoms with Crippen molar-refractivity contribution < 1.29 is 17.9 Å². The third-order valence-corrected chi connectivity index (χ3v) is 8.36. The standard InChI is InChI=1S/C28H32ClN3O4S/c1-20-9-10-23(29)19-26(20)31-13-15-32(16-14-31)28(33)25(18-22-7-5-4-6-8-22)30-37(34,35)24-11-12-27(36-3)21(2)17-24/h4-12,17,19,25,30H,13-16,18H2,1-3H3. The first kappa shape index (κ1) is 27.0. The highest BCUT2D eigenvalue weighted by Crippen LogP contribution is 2.26. The van der Waals surface area contributed by atoms with Crippen molar-refractivity contribution in [2.75, 3.05) is 38.2 Å². The van der Waals surface area contributed by atoms with Crippen molar-refractivity contribution in [3.05, 3.63) is 88.4 Å². The minimum Gasteiger partial charge on any atom is -0.496 e. The molecule has 9 heteroatoms. The molecule has 0 aromatic heterocycles. The van der Waals surface area contributed by atoms with Crippen molar-refractivity contribution in [2.45, 2.75) is 31.2 Å². The molecule has 1 unspecified atom stereocenters. The fraction of sp³-hybridized carbons (Fsp3) is 0.321. The molecule has 0 spiro atoms. The second kappa shape index (κ2) is 11.5. The molecule has 1 fully saturated rings. The van der Waals surface area contributed by atoms with Gasteiger partial charge in [-0.3, -0.25) is 4.79 Å². The number of aryl methyl sites for hydroxylation is 2. The van der Waals surface area contributed by atoms with Gasteiger partial charge in [0.2, 0.25) is 15.9 Å². The summed E-state index contributed by atoms with van der Waals surface area (Å²) in [6.45, 7) is 6.06. The summed E-state index contributed by atoms with van der Waals surface area (Å²) in [5, 5.41) is 0.671. The number of hydrogen-bond donors (Lipinski definition) is 1. The van der Waals surface area contributed by atoms with E-state index in [1.807, 2.05) is 55.5 Å². The number of sulfonamides is 1. The van der Waals surface area contributed by atoms with Crippen LogP contribution in [0.15, 0.2) is 71.6 Å². The van der Waals surface area contributed by atoms with E-state index in [-0.39, 0.29) is 17.2 Å². The normalized spacial score (nSPS) is 14.9. The van der Waals surface area contributed by atoms with Gasteiger partial charge in [0, 0.05) is 36.9 Å². The number of rotatable bonds is 8. The quantitative estimate of drug-likeness (QED) is 0.462. The fourth-order valence-corrected chi connectivity index (χ4v) is 6.05. The van der Waals surface area contributed by atoms with Gasteiger partial charge in [-0.25, -0.2) is 8.42 Å². The molecule has 4 rings (SSSR count). The lowest BCUT2D eigenvalue weighted by Crippen LogP contribution is -2.55. The van der Waals surface area contributed by atoms with Crippen LogP contribution in [0.4, 0.5) is 5.69 Å². The van der Waals surface area contributed by atoms with E-state index in [4.69, 9.17) is 16.3 Å². The van der Waals surface area contributed by atoms with Gasteiger partial charge in [0.15, 0.2) is 0 Å². The first-order valence-corrected chi connectivity index (χ1v) is 14.0. The van der Waals surface area contributed by atoms with E-state index in [1.54, 1.807) is 24.0 Å². The Hall–Kier alpha value is -3.07. The van der Waals surface area contributed by atoms with E-state index in [0.717, 1.165) is 16.8 Å². The predicted octanol–water partition coefficient (Wildman–Crippen LogP) is 4.20. The summed E-state index contributed by atoms with van der Waals surface area (Å²) >= 11 is 6.21. The molecule has 7 nitrogen and oxygen atoms in total. The second-order valence-electron chi connectivity index (χ2n) is 9.24. The lowest BCUT2D eigenvalue weighted by molar-refractivity contribution is -0.133. The number of carbonyl (C=O) groups excluding carboxylic acids is 1. The molecule has 1 heterocycles. The first-order valence-electron chi connectivity index (χ1n) is 12.2. The maximum atomic E-state index is 13.7. The van der Waals surface area contributed by atoms with Crippen LogP contribution in [-0.4, -0.2) is 58.6 Å². The number of amides is 1. The molecule has 1 amide bonds. The van der Waals surface area contributed by atoms with Gasteiger partial charge in [0.25, 0.3) is 0 Å².